The molecule has 1 aromatic rings. The number of hydrogen-bond donors (Lipinski definition) is 1. The highest BCUT2D eigenvalue weighted by Gasteiger charge is 2.17. The van der Waals surface area contributed by atoms with E-state index in [-0.39, 0.29) is 0 Å². The molecule has 1 saturated carbocycles. The molecule has 0 amide bonds. The van der Waals surface area contributed by atoms with Crippen LogP contribution in [0.5, 0.6) is 0 Å². The Balaban J connectivity index is 1.69. The van der Waals surface area contributed by atoms with Crippen LogP contribution in [0.25, 0.3) is 0 Å². The van der Waals surface area contributed by atoms with E-state index in [4.69, 9.17) is 0 Å². The summed E-state index contributed by atoms with van der Waals surface area (Å²) < 4.78 is 0. The van der Waals surface area contributed by atoms with E-state index in [1.165, 1.54) is 32.1 Å². The monoisotopic (exact) mass is 218 g/mol. The van der Waals surface area contributed by atoms with Crippen LogP contribution in [0.1, 0.15) is 44.7 Å². The molecule has 88 valence electrons. The zero-order valence-corrected chi connectivity index (χ0v) is 10.2. The molecule has 1 aromatic heterocycles. The number of rotatable bonds is 5. The summed E-state index contributed by atoms with van der Waals surface area (Å²) >= 11 is 0. The lowest BCUT2D eigenvalue weighted by atomic mass is 9.99. The first kappa shape index (κ1) is 11.6. The first-order valence-corrected chi connectivity index (χ1v) is 6.48. The first-order valence-electron chi connectivity index (χ1n) is 6.48. The van der Waals surface area contributed by atoms with E-state index < -0.39 is 0 Å². The zero-order chi connectivity index (χ0) is 11.2. The van der Waals surface area contributed by atoms with Gasteiger partial charge in [-0.25, -0.2) is 0 Å². The van der Waals surface area contributed by atoms with Crippen LogP contribution in [-0.2, 0) is 6.54 Å². The maximum Gasteiger partial charge on any atom is 0.0541 e. The average molecular weight is 218 g/mol. The third-order valence-corrected chi connectivity index (χ3v) is 3.52. The molecule has 1 N–H and O–H groups in total. The Kier molecular flexibility index (Phi) is 4.34. The number of aromatic nitrogens is 1. The van der Waals surface area contributed by atoms with Gasteiger partial charge in [-0.05, 0) is 31.4 Å². The van der Waals surface area contributed by atoms with Gasteiger partial charge in [-0.3, -0.25) is 4.98 Å². The lowest BCUT2D eigenvalue weighted by Crippen LogP contribution is -2.27. The van der Waals surface area contributed by atoms with Gasteiger partial charge in [-0.2, -0.15) is 0 Å². The van der Waals surface area contributed by atoms with E-state index in [1.54, 1.807) is 0 Å². The van der Waals surface area contributed by atoms with Crippen molar-refractivity contribution >= 4 is 0 Å². The average Bonchev–Trinajstić information content (AvgIpc) is 2.81. The Morgan fingerprint density at radius 3 is 2.88 bits per heavy atom. The fraction of sp³-hybridized carbons (Fsp3) is 0.643. The summed E-state index contributed by atoms with van der Waals surface area (Å²) in [6.45, 7) is 3.19. The van der Waals surface area contributed by atoms with E-state index in [0.29, 0.717) is 6.04 Å². The van der Waals surface area contributed by atoms with E-state index in [9.17, 15) is 0 Å². The van der Waals surface area contributed by atoms with Gasteiger partial charge >= 0.3 is 0 Å². The Morgan fingerprint density at radius 1 is 1.38 bits per heavy atom. The molecule has 1 aliphatic rings. The molecule has 0 bridgehead atoms. The Hall–Kier alpha value is -0.890. The van der Waals surface area contributed by atoms with Crippen molar-refractivity contribution in [3.63, 3.8) is 0 Å². The zero-order valence-electron chi connectivity index (χ0n) is 10.2. The van der Waals surface area contributed by atoms with Gasteiger partial charge in [0.25, 0.3) is 0 Å². The van der Waals surface area contributed by atoms with E-state index in [1.807, 2.05) is 18.3 Å². The molecule has 2 rings (SSSR count). The maximum atomic E-state index is 4.32. The van der Waals surface area contributed by atoms with Crippen LogP contribution in [0.15, 0.2) is 24.4 Å². The quantitative estimate of drug-likeness (QED) is 0.821. The number of nitrogens with zero attached hydrogens (tertiary/aromatic N) is 1. The highest BCUT2D eigenvalue weighted by molar-refractivity contribution is 5.03. The molecule has 2 heteroatoms. The lowest BCUT2D eigenvalue weighted by molar-refractivity contribution is 0.403. The molecule has 0 aromatic carbocycles. The molecule has 2 nitrogen and oxygen atoms in total. The summed E-state index contributed by atoms with van der Waals surface area (Å²) in [5.41, 5.74) is 1.14. The van der Waals surface area contributed by atoms with Crippen LogP contribution < -0.4 is 5.32 Å². The lowest BCUT2D eigenvalue weighted by Gasteiger charge is -2.17. The van der Waals surface area contributed by atoms with Crippen molar-refractivity contribution in [2.45, 2.75) is 51.6 Å². The standard InChI is InChI=1S/C14H22N2/c1-12(10-13-6-2-3-7-13)16-11-14-8-4-5-9-15-14/h4-5,8-9,12-13,16H,2-3,6-7,10-11H2,1H3. The van der Waals surface area contributed by atoms with Crippen LogP contribution in [0.3, 0.4) is 0 Å². The molecule has 0 aliphatic heterocycles. The van der Waals surface area contributed by atoms with Gasteiger partial charge in [0.15, 0.2) is 0 Å². The second kappa shape index (κ2) is 6.00. The van der Waals surface area contributed by atoms with Gasteiger partial charge in [0, 0.05) is 18.8 Å². The highest BCUT2D eigenvalue weighted by atomic mass is 14.9. The topological polar surface area (TPSA) is 24.9 Å². The molecule has 0 radical (unpaired) electrons. The SMILES string of the molecule is CC(CC1CCCC1)NCc1ccccn1. The molecule has 16 heavy (non-hydrogen) atoms. The van der Waals surface area contributed by atoms with Crippen molar-refractivity contribution in [1.29, 1.82) is 0 Å². The number of nitrogens with one attached hydrogen (secondary N) is 1. The van der Waals surface area contributed by atoms with E-state index in [2.05, 4.69) is 23.3 Å². The van der Waals surface area contributed by atoms with Crippen LogP contribution in [0.4, 0.5) is 0 Å². The molecular formula is C14H22N2. The summed E-state index contributed by atoms with van der Waals surface area (Å²) in [6, 6.07) is 6.71. The summed E-state index contributed by atoms with van der Waals surface area (Å²) in [4.78, 5) is 4.32. The van der Waals surface area contributed by atoms with Crippen molar-refractivity contribution in [3.05, 3.63) is 30.1 Å². The minimum atomic E-state index is 0.616. The molecule has 0 spiro atoms. The fourth-order valence-electron chi connectivity index (χ4n) is 2.61. The van der Waals surface area contributed by atoms with Crippen molar-refractivity contribution < 1.29 is 0 Å². The van der Waals surface area contributed by atoms with Gasteiger partial charge in [-0.1, -0.05) is 31.7 Å². The van der Waals surface area contributed by atoms with Gasteiger partial charge in [-0.15, -0.1) is 0 Å². The Morgan fingerprint density at radius 2 is 2.19 bits per heavy atom. The van der Waals surface area contributed by atoms with Crippen LogP contribution in [-0.4, -0.2) is 11.0 Å². The third-order valence-electron chi connectivity index (χ3n) is 3.52. The van der Waals surface area contributed by atoms with Crippen molar-refractivity contribution in [2.24, 2.45) is 5.92 Å². The summed E-state index contributed by atoms with van der Waals surface area (Å²) in [7, 11) is 0. The molecular weight excluding hydrogens is 196 g/mol. The normalized spacial score (nSPS) is 18.8. The predicted octanol–water partition coefficient (Wildman–Crippen LogP) is 3.14. The Labute approximate surface area is 98.5 Å². The van der Waals surface area contributed by atoms with Crippen molar-refractivity contribution in [2.75, 3.05) is 0 Å². The second-order valence-corrected chi connectivity index (χ2v) is 4.99. The molecule has 1 heterocycles. The van der Waals surface area contributed by atoms with Gasteiger partial charge < -0.3 is 5.32 Å². The van der Waals surface area contributed by atoms with Crippen molar-refractivity contribution in [1.82, 2.24) is 10.3 Å². The van der Waals surface area contributed by atoms with Crippen LogP contribution in [0.2, 0.25) is 0 Å². The largest absolute Gasteiger partial charge is 0.309 e. The maximum absolute atomic E-state index is 4.32. The third kappa shape index (κ3) is 3.60. The molecule has 1 aliphatic carbocycles. The van der Waals surface area contributed by atoms with E-state index in [0.717, 1.165) is 18.2 Å². The van der Waals surface area contributed by atoms with Gasteiger partial charge in [0.1, 0.15) is 0 Å². The molecule has 0 saturated heterocycles. The number of pyridine rings is 1. The summed E-state index contributed by atoms with van der Waals surface area (Å²) in [5.74, 6) is 0.964. The summed E-state index contributed by atoms with van der Waals surface area (Å²) in [6.07, 6.45) is 8.95. The predicted molar refractivity (Wildman–Crippen MR) is 67.1 cm³/mol. The molecule has 1 fully saturated rings. The minimum Gasteiger partial charge on any atom is -0.309 e. The van der Waals surface area contributed by atoms with Crippen molar-refractivity contribution in [3.8, 4) is 0 Å². The van der Waals surface area contributed by atoms with Gasteiger partial charge in [0.2, 0.25) is 0 Å². The minimum absolute atomic E-state index is 0.616. The first-order chi connectivity index (χ1) is 7.84. The summed E-state index contributed by atoms with van der Waals surface area (Å²) in [5, 5.41) is 3.56. The van der Waals surface area contributed by atoms with E-state index >= 15 is 0 Å². The highest BCUT2D eigenvalue weighted by Crippen LogP contribution is 2.28. The molecule has 1 atom stereocenters. The van der Waals surface area contributed by atoms with Crippen LogP contribution in [0, 0.1) is 5.92 Å². The number of hydrogen-bond acceptors (Lipinski definition) is 2. The van der Waals surface area contributed by atoms with Crippen LogP contribution >= 0.6 is 0 Å². The second-order valence-electron chi connectivity index (χ2n) is 4.99. The molecule has 1 unspecified atom stereocenters. The van der Waals surface area contributed by atoms with Gasteiger partial charge in [0.05, 0.1) is 5.69 Å². The smallest absolute Gasteiger partial charge is 0.0541 e. The fourth-order valence-corrected chi connectivity index (χ4v) is 2.61. The Bertz CT molecular complexity index is 291.